The summed E-state index contributed by atoms with van der Waals surface area (Å²) in [5, 5.41) is 10.9. The summed E-state index contributed by atoms with van der Waals surface area (Å²) in [7, 11) is 1.61. The highest BCUT2D eigenvalue weighted by atomic mass is 32.1. The van der Waals surface area contributed by atoms with Crippen molar-refractivity contribution < 1.29 is 19.5 Å². The van der Waals surface area contributed by atoms with Gasteiger partial charge >= 0.3 is 0 Å². The molecule has 6 nitrogen and oxygen atoms in total. The number of carbonyl (C=O) groups excluding carboxylic acids is 2. The number of rotatable bonds is 5. The number of ether oxygens (including phenoxy) is 1. The zero-order chi connectivity index (χ0) is 21.1. The summed E-state index contributed by atoms with van der Waals surface area (Å²) in [6.07, 6.45) is 2.60. The fourth-order valence-corrected chi connectivity index (χ4v) is 5.11. The normalized spacial score (nSPS) is 13.7. The summed E-state index contributed by atoms with van der Waals surface area (Å²) in [6.45, 7) is 1.01. The zero-order valence-electron chi connectivity index (χ0n) is 16.3. The molecule has 3 aromatic rings. The summed E-state index contributed by atoms with van der Waals surface area (Å²) in [4.78, 5) is 29.6. The van der Waals surface area contributed by atoms with E-state index in [1.807, 2.05) is 47.9 Å². The minimum Gasteiger partial charge on any atom is -0.497 e. The minimum atomic E-state index is -0.524. The van der Waals surface area contributed by atoms with Gasteiger partial charge in [-0.2, -0.15) is 0 Å². The van der Waals surface area contributed by atoms with Crippen LogP contribution in [0.15, 0.2) is 47.8 Å². The Morgan fingerprint density at radius 3 is 2.70 bits per heavy atom. The van der Waals surface area contributed by atoms with Gasteiger partial charge in [-0.05, 0) is 53.3 Å². The van der Waals surface area contributed by atoms with Crippen molar-refractivity contribution in [2.45, 2.75) is 13.0 Å². The number of methoxy groups -OCH3 is 1. The number of thiophene rings is 2. The molecule has 2 aromatic heterocycles. The van der Waals surface area contributed by atoms with E-state index < -0.39 is 5.91 Å². The molecule has 0 bridgehead atoms. The molecule has 0 spiro atoms. The van der Waals surface area contributed by atoms with E-state index in [0.29, 0.717) is 30.0 Å². The highest BCUT2D eigenvalue weighted by Crippen LogP contribution is 2.31. The second-order valence-corrected chi connectivity index (χ2v) is 8.89. The van der Waals surface area contributed by atoms with E-state index in [4.69, 9.17) is 9.94 Å². The third-order valence-electron chi connectivity index (χ3n) is 4.94. The van der Waals surface area contributed by atoms with Crippen molar-refractivity contribution in [3.8, 4) is 5.75 Å². The van der Waals surface area contributed by atoms with Crippen LogP contribution >= 0.6 is 22.7 Å². The number of hydrogen-bond donors (Lipinski definition) is 2. The third kappa shape index (κ3) is 4.16. The van der Waals surface area contributed by atoms with Gasteiger partial charge in [0.05, 0.1) is 12.0 Å². The van der Waals surface area contributed by atoms with Gasteiger partial charge in [-0.1, -0.05) is 18.2 Å². The van der Waals surface area contributed by atoms with Gasteiger partial charge in [-0.25, -0.2) is 5.48 Å². The molecule has 2 amide bonds. The van der Waals surface area contributed by atoms with Crippen molar-refractivity contribution in [1.29, 1.82) is 0 Å². The van der Waals surface area contributed by atoms with Gasteiger partial charge in [-0.3, -0.25) is 14.8 Å². The molecule has 4 rings (SSSR count). The maximum atomic E-state index is 13.5. The van der Waals surface area contributed by atoms with Crippen LogP contribution < -0.4 is 10.2 Å². The lowest BCUT2D eigenvalue weighted by Crippen LogP contribution is -2.35. The van der Waals surface area contributed by atoms with Crippen LogP contribution in [0.1, 0.15) is 30.6 Å². The Morgan fingerprint density at radius 1 is 1.23 bits per heavy atom. The number of hydroxylamine groups is 1. The molecular formula is C22H20N2O4S2. The van der Waals surface area contributed by atoms with Crippen molar-refractivity contribution >= 4 is 46.1 Å². The molecule has 154 valence electrons. The number of carbonyl (C=O) groups is 2. The molecule has 0 saturated heterocycles. The standard InChI is InChI=1S/C22H20N2O4S2/c1-28-16-6-4-14(5-7-16)18(12-17-3-2-10-29-17)22(26)24-9-8-19-15(13-24)11-20(30-19)21(25)23-27/h2-7,10-12,27H,8-9,13H2,1H3,(H,23,25). The molecule has 8 heteroatoms. The van der Waals surface area contributed by atoms with Gasteiger partial charge in [0.2, 0.25) is 0 Å². The van der Waals surface area contributed by atoms with E-state index in [0.717, 1.165) is 26.6 Å². The topological polar surface area (TPSA) is 78.9 Å². The number of amides is 2. The van der Waals surface area contributed by atoms with Crippen LogP contribution in [0.5, 0.6) is 5.75 Å². The Hall–Kier alpha value is -2.94. The average Bonchev–Trinajstić information content (AvgIpc) is 3.45. The Morgan fingerprint density at radius 2 is 2.03 bits per heavy atom. The smallest absolute Gasteiger partial charge is 0.284 e. The monoisotopic (exact) mass is 440 g/mol. The molecule has 0 atom stereocenters. The maximum absolute atomic E-state index is 13.5. The van der Waals surface area contributed by atoms with E-state index >= 15 is 0 Å². The molecular weight excluding hydrogens is 420 g/mol. The fourth-order valence-electron chi connectivity index (χ4n) is 3.40. The number of hydrogen-bond acceptors (Lipinski definition) is 6. The first-order valence-electron chi connectivity index (χ1n) is 9.34. The first-order chi connectivity index (χ1) is 14.6. The molecule has 0 radical (unpaired) electrons. The Bertz CT molecular complexity index is 1090. The number of nitrogens with one attached hydrogen (secondary N) is 1. The molecule has 1 aliphatic heterocycles. The lowest BCUT2D eigenvalue weighted by Gasteiger charge is -2.28. The molecule has 2 N–H and O–H groups in total. The van der Waals surface area contributed by atoms with Gasteiger partial charge < -0.3 is 9.64 Å². The van der Waals surface area contributed by atoms with Gasteiger partial charge in [0.15, 0.2) is 0 Å². The SMILES string of the molecule is COc1ccc(C(=Cc2cccs2)C(=O)N2CCc3sc(C(=O)NO)cc3C2)cc1. The molecule has 0 unspecified atom stereocenters. The lowest BCUT2D eigenvalue weighted by atomic mass is 10.0. The van der Waals surface area contributed by atoms with Crippen molar-refractivity contribution in [2.75, 3.05) is 13.7 Å². The summed E-state index contributed by atoms with van der Waals surface area (Å²) in [5.41, 5.74) is 4.06. The van der Waals surface area contributed by atoms with Crippen molar-refractivity contribution in [2.24, 2.45) is 0 Å². The number of nitrogens with zero attached hydrogens (tertiary/aromatic N) is 1. The second-order valence-electron chi connectivity index (χ2n) is 6.78. The van der Waals surface area contributed by atoms with Crippen molar-refractivity contribution in [3.05, 3.63) is 73.6 Å². The van der Waals surface area contributed by atoms with Crippen LogP contribution in [-0.4, -0.2) is 35.6 Å². The summed E-state index contributed by atoms with van der Waals surface area (Å²) in [5.74, 6) is 0.152. The van der Waals surface area contributed by atoms with Crippen molar-refractivity contribution in [1.82, 2.24) is 10.4 Å². The minimum absolute atomic E-state index is 0.0569. The maximum Gasteiger partial charge on any atom is 0.284 e. The molecule has 0 fully saturated rings. The van der Waals surface area contributed by atoms with Crippen LogP contribution in [0.3, 0.4) is 0 Å². The first kappa shape index (κ1) is 20.3. The van der Waals surface area contributed by atoms with Gasteiger partial charge in [0.25, 0.3) is 11.8 Å². The third-order valence-corrected chi connectivity index (χ3v) is 7.00. The largest absolute Gasteiger partial charge is 0.497 e. The average molecular weight is 441 g/mol. The predicted molar refractivity (Wildman–Crippen MR) is 118 cm³/mol. The van der Waals surface area contributed by atoms with E-state index in [1.165, 1.54) is 11.3 Å². The highest BCUT2D eigenvalue weighted by Gasteiger charge is 2.27. The highest BCUT2D eigenvalue weighted by molar-refractivity contribution is 7.14. The Kier molecular flexibility index (Phi) is 5.98. The van der Waals surface area contributed by atoms with Crippen molar-refractivity contribution in [3.63, 3.8) is 0 Å². The van der Waals surface area contributed by atoms with Gasteiger partial charge in [0, 0.05) is 28.4 Å². The Labute approximate surface area is 182 Å². The molecule has 3 heterocycles. The van der Waals surface area contributed by atoms with Crippen LogP contribution in [-0.2, 0) is 17.8 Å². The summed E-state index contributed by atoms with van der Waals surface area (Å²) < 4.78 is 5.24. The van der Waals surface area contributed by atoms with Gasteiger partial charge in [0.1, 0.15) is 5.75 Å². The second kappa shape index (κ2) is 8.83. The zero-order valence-corrected chi connectivity index (χ0v) is 17.9. The van der Waals surface area contributed by atoms with E-state index in [2.05, 4.69) is 0 Å². The van der Waals surface area contributed by atoms with E-state index in [9.17, 15) is 9.59 Å². The van der Waals surface area contributed by atoms with Crippen LogP contribution in [0.4, 0.5) is 0 Å². The molecule has 0 aliphatic carbocycles. The molecule has 30 heavy (non-hydrogen) atoms. The van der Waals surface area contributed by atoms with Gasteiger partial charge in [-0.15, -0.1) is 22.7 Å². The first-order valence-corrected chi connectivity index (χ1v) is 11.0. The Balaban J connectivity index is 1.63. The van der Waals surface area contributed by atoms with E-state index in [1.54, 1.807) is 34.9 Å². The predicted octanol–water partition coefficient (Wildman–Crippen LogP) is 4.06. The van der Waals surface area contributed by atoms with E-state index in [-0.39, 0.29) is 5.91 Å². The molecule has 0 saturated carbocycles. The van der Waals surface area contributed by atoms with Crippen LogP contribution in [0.2, 0.25) is 0 Å². The summed E-state index contributed by atoms with van der Waals surface area (Å²) in [6, 6.07) is 13.2. The van der Waals surface area contributed by atoms with Crippen LogP contribution in [0, 0.1) is 0 Å². The lowest BCUT2D eigenvalue weighted by molar-refractivity contribution is -0.125. The summed E-state index contributed by atoms with van der Waals surface area (Å²) >= 11 is 2.93. The van der Waals surface area contributed by atoms with Crippen LogP contribution in [0.25, 0.3) is 11.6 Å². The quantitative estimate of drug-likeness (QED) is 0.356. The fraction of sp³-hybridized carbons (Fsp3) is 0.182. The number of fused-ring (bicyclic) bond motifs is 1. The number of benzene rings is 1. The molecule has 1 aromatic carbocycles. The molecule has 1 aliphatic rings.